The van der Waals surface area contributed by atoms with Crippen LogP contribution in [-0.2, 0) is 72.2 Å². The summed E-state index contributed by atoms with van der Waals surface area (Å²) >= 11 is 0. The van der Waals surface area contributed by atoms with E-state index in [-0.39, 0.29) is 103 Å². The maximum Gasteiger partial charge on any atom is 0.228 e. The molecule has 0 radical (unpaired) electrons. The average Bonchev–Trinajstić information content (AvgIpc) is 3.45. The molecule has 416 valence electrons. The maximum absolute atomic E-state index is 11.8. The Morgan fingerprint density at radius 1 is 0.300 bits per heavy atom. The van der Waals surface area contributed by atoms with Gasteiger partial charge in [0.15, 0.2) is 34.7 Å². The van der Waals surface area contributed by atoms with Crippen LogP contribution in [0.15, 0.2) is 215 Å². The second-order valence-electron chi connectivity index (χ2n) is 19.6. The summed E-state index contributed by atoms with van der Waals surface area (Å²) in [6.07, 6.45) is 48.1. The van der Waals surface area contributed by atoms with Crippen molar-refractivity contribution in [2.45, 2.75) is 113 Å². The molecule has 9 aliphatic rings. The molecule has 0 aromatic heterocycles. The first kappa shape index (κ1) is 63.2. The number of rotatable bonds is 12. The van der Waals surface area contributed by atoms with Gasteiger partial charge in [-0.05, 0) is 126 Å². The van der Waals surface area contributed by atoms with Gasteiger partial charge in [-0.25, -0.2) is 0 Å². The number of Topliss-reactive ketones (excluding diaryl/α,β-unsaturated/α-hetero) is 6. The summed E-state index contributed by atoms with van der Waals surface area (Å²) in [5, 5.41) is 83.7. The first-order chi connectivity index (χ1) is 37.6. The average molecular weight is 1150 g/mol. The maximum atomic E-state index is 11.8. The predicted molar refractivity (Wildman–Crippen MR) is 284 cm³/mol. The molecule has 9 rings (SSSR count). The topological polar surface area (TPSA) is 307 Å². The Bertz CT molecular complexity index is 2460. The summed E-state index contributed by atoms with van der Waals surface area (Å²) in [7, 11) is 0. The van der Waals surface area contributed by atoms with Gasteiger partial charge in [-0.3, -0.25) is 28.8 Å². The molecule has 3 fully saturated rings. The summed E-state index contributed by atoms with van der Waals surface area (Å²) in [6, 6.07) is 1.49. The molecule has 9 aliphatic carbocycles. The Morgan fingerprint density at radius 2 is 0.463 bits per heavy atom. The molecule has 0 aromatic rings. The van der Waals surface area contributed by atoms with Crippen LogP contribution in [0.25, 0.3) is 0 Å². The van der Waals surface area contributed by atoms with Gasteiger partial charge >= 0.3 is 0 Å². The van der Waals surface area contributed by atoms with Gasteiger partial charge < -0.3 is 62.5 Å². The van der Waals surface area contributed by atoms with Crippen LogP contribution in [0, 0.1) is 0 Å². The molecule has 3 saturated carbocycles. The minimum atomic E-state index is -0.496. The first-order valence-electron chi connectivity index (χ1n) is 26.0. The second kappa shape index (κ2) is 31.2. The van der Waals surface area contributed by atoms with Gasteiger partial charge in [0.05, 0.1) is 0 Å². The van der Waals surface area contributed by atoms with Crippen LogP contribution in [0.3, 0.4) is 0 Å². The van der Waals surface area contributed by atoms with Crippen molar-refractivity contribution in [1.82, 2.24) is 31.9 Å². The largest absolute Gasteiger partial charge is 0.870 e. The van der Waals surface area contributed by atoms with E-state index in [1.807, 2.05) is 0 Å². The monoisotopic (exact) mass is 1150 g/mol. The zero-order valence-corrected chi connectivity index (χ0v) is 46.9. The minimum absolute atomic E-state index is 0. The van der Waals surface area contributed by atoms with Crippen LogP contribution >= 0.6 is 0 Å². The van der Waals surface area contributed by atoms with E-state index >= 15 is 0 Å². The molecule has 0 spiro atoms. The molecule has 0 bridgehead atoms. The number of hydrogen-bond donors (Lipinski definition) is 8. The molecular weight excluding hydrogens is 1090 g/mol. The van der Waals surface area contributed by atoms with Crippen molar-refractivity contribution in [3.05, 3.63) is 215 Å². The summed E-state index contributed by atoms with van der Waals surface area (Å²) in [6.45, 7) is 0. The Balaban J connectivity index is 0.000000218. The van der Waals surface area contributed by atoms with E-state index in [0.29, 0.717) is 33.4 Å². The number of carbonyl (C=O) groups is 6. The fourth-order valence-electron chi connectivity index (χ4n) is 9.42. The Morgan fingerprint density at radius 3 is 0.650 bits per heavy atom. The normalized spacial score (nSPS) is 28.2. The van der Waals surface area contributed by atoms with Crippen molar-refractivity contribution in [2.24, 2.45) is 0 Å². The van der Waals surface area contributed by atoms with Crippen LogP contribution in [0.5, 0.6) is 0 Å². The molecule has 20 heteroatoms. The van der Waals surface area contributed by atoms with Gasteiger partial charge in [0.1, 0.15) is 0 Å². The number of nitrogens with one attached hydrogen (secondary N) is 6. The summed E-state index contributed by atoms with van der Waals surface area (Å²) in [5.74, 6) is -5.16. The van der Waals surface area contributed by atoms with Crippen molar-refractivity contribution < 1.29 is 103 Å². The first-order valence-corrected chi connectivity index (χ1v) is 26.0. The third-order valence-electron chi connectivity index (χ3n) is 14.1. The van der Waals surface area contributed by atoms with E-state index < -0.39 is 46.2 Å². The number of hydrogen-bond acceptors (Lipinski definition) is 18. The van der Waals surface area contributed by atoms with Crippen molar-refractivity contribution in [2.75, 3.05) is 0 Å². The third-order valence-corrected chi connectivity index (χ3v) is 14.1. The van der Waals surface area contributed by atoms with Crippen molar-refractivity contribution in [3.63, 3.8) is 0 Å². The zero-order chi connectivity index (χ0) is 55.6. The van der Waals surface area contributed by atoms with Crippen molar-refractivity contribution in [1.29, 1.82) is 0 Å². The molecule has 0 heterocycles. The predicted octanol–water partition coefficient (Wildman–Crippen LogP) is 2.42. The number of allylic oxidation sites excluding steroid dienone is 24. The third kappa shape index (κ3) is 18.2. The fraction of sp³-hybridized carbons (Fsp3) is 0.300. The van der Waals surface area contributed by atoms with Gasteiger partial charge in [-0.1, -0.05) is 83.8 Å². The summed E-state index contributed by atoms with van der Waals surface area (Å²) in [4.78, 5) is 70.4. The van der Waals surface area contributed by atoms with Crippen molar-refractivity contribution in [3.8, 4) is 0 Å². The smallest absolute Gasteiger partial charge is 0.228 e. The summed E-state index contributed by atoms with van der Waals surface area (Å²) in [5.41, 5.74) is 2.42. The minimum Gasteiger partial charge on any atom is -0.870 e. The van der Waals surface area contributed by atoms with E-state index in [9.17, 15) is 59.4 Å². The van der Waals surface area contributed by atoms with Crippen LogP contribution < -0.4 is 52.3 Å². The molecule has 0 saturated heterocycles. The van der Waals surface area contributed by atoms with Crippen LogP contribution in [-0.4, -0.2) is 81.2 Å². The quantitative estimate of drug-likeness (QED) is 0.103. The number of ketones is 6. The molecule has 80 heavy (non-hydrogen) atoms. The second-order valence-corrected chi connectivity index (χ2v) is 19.6. The van der Waals surface area contributed by atoms with Gasteiger partial charge in [0.2, 0.25) is 11.6 Å². The molecule has 0 aromatic carbocycles. The van der Waals surface area contributed by atoms with Gasteiger partial charge in [-0.15, -0.1) is 0 Å². The number of carbonyl (C=O) groups excluding carboxylic acids is 6. The molecular formula is C60H62N6O12Ti2-4. The molecule has 0 aliphatic heterocycles. The van der Waals surface area contributed by atoms with Gasteiger partial charge in [-0.2, -0.15) is 0 Å². The SMILES string of the molecule is O=C1C([O-])=CC=CC1=CNC1CCC(NC=C2C=CC=C(O)C2=O)CC1.O=C1C([O-])=CC=CC1=CNC1CCC(NC=C2C=CC=C(O)C2=O)CC1.O=C1C([O-])=CC=CC1=CNC1CCC(NC=C2C=CC=C([O-])C2=O)CC1.[Ti].[Ti]. The van der Waals surface area contributed by atoms with Crippen LogP contribution in [0.4, 0.5) is 0 Å². The van der Waals surface area contributed by atoms with Crippen molar-refractivity contribution >= 4 is 34.7 Å². The standard InChI is InChI=1S/3C20H22N2O4.2Ti/c3*23-17-5-1-3-13(19(17)25)11-21-15-7-9-16(10-8-15)22-12-14-4-2-6-18(24)20(14)26;;/h3*1-6,11-12,15-16,21-24H,7-10H2;;/p-4. The molecule has 8 N–H and O–H groups in total. The van der Waals surface area contributed by atoms with E-state index in [2.05, 4.69) is 31.9 Å². The Labute approximate surface area is 494 Å². The van der Waals surface area contributed by atoms with Gasteiger partial charge in [0, 0.05) is 150 Å². The van der Waals surface area contributed by atoms with Crippen LogP contribution in [0.1, 0.15) is 77.0 Å². The Kier molecular flexibility index (Phi) is 24.7. The summed E-state index contributed by atoms with van der Waals surface area (Å²) < 4.78 is 0. The van der Waals surface area contributed by atoms with E-state index in [4.69, 9.17) is 0 Å². The van der Waals surface area contributed by atoms with Crippen LogP contribution in [0.2, 0.25) is 0 Å². The molecule has 0 atom stereocenters. The number of aliphatic hydroxyl groups excluding tert-OH is 2. The zero-order valence-electron chi connectivity index (χ0n) is 43.8. The van der Waals surface area contributed by atoms with E-state index in [0.717, 1.165) is 77.0 Å². The van der Waals surface area contributed by atoms with Gasteiger partial charge in [0.25, 0.3) is 0 Å². The fourth-order valence-corrected chi connectivity index (χ4v) is 9.42. The molecule has 18 nitrogen and oxygen atoms in total. The molecule has 0 unspecified atom stereocenters. The Hall–Kier alpha value is -7.63. The van der Waals surface area contributed by atoms with E-state index in [1.54, 1.807) is 110 Å². The molecule has 0 amide bonds. The van der Waals surface area contributed by atoms with E-state index in [1.165, 1.54) is 36.5 Å². The number of aliphatic hydroxyl groups is 2.